The van der Waals surface area contributed by atoms with Crippen molar-refractivity contribution in [3.8, 4) is 0 Å². The molecule has 0 aromatic carbocycles. The zero-order valence-electron chi connectivity index (χ0n) is 12.6. The number of H-pyrrole nitrogens is 1. The predicted molar refractivity (Wildman–Crippen MR) is 86.1 cm³/mol. The molecule has 22 heavy (non-hydrogen) atoms. The summed E-state index contributed by atoms with van der Waals surface area (Å²) in [5, 5.41) is 4.30. The number of sulfonamides is 1. The number of nitrogens with one attached hydrogen (secondary N) is 2. The van der Waals surface area contributed by atoms with Gasteiger partial charge in [0.1, 0.15) is 17.8 Å². The molecule has 1 atom stereocenters. The molecule has 7 nitrogen and oxygen atoms in total. The molecule has 8 heteroatoms. The van der Waals surface area contributed by atoms with Crippen LogP contribution in [0.4, 0.5) is 5.82 Å². The molecule has 2 N–H and O–H groups in total. The van der Waals surface area contributed by atoms with E-state index in [2.05, 4.69) is 20.3 Å². The second-order valence-electron chi connectivity index (χ2n) is 5.61. The van der Waals surface area contributed by atoms with Crippen LogP contribution in [0.3, 0.4) is 0 Å². The highest BCUT2D eigenvalue weighted by atomic mass is 32.2. The van der Waals surface area contributed by atoms with Crippen molar-refractivity contribution in [1.82, 2.24) is 19.3 Å². The van der Waals surface area contributed by atoms with E-state index in [0.717, 1.165) is 29.7 Å². The number of aromatic nitrogens is 3. The number of piperidine rings is 1. The third-order valence-corrected chi connectivity index (χ3v) is 6.00. The molecule has 0 spiro atoms. The molecule has 0 unspecified atom stereocenters. The molecule has 3 rings (SSSR count). The molecule has 2 aromatic rings. The van der Waals surface area contributed by atoms with Crippen LogP contribution in [0.15, 0.2) is 18.6 Å². The van der Waals surface area contributed by atoms with E-state index in [-0.39, 0.29) is 5.75 Å². The Hall–Kier alpha value is -1.67. The van der Waals surface area contributed by atoms with E-state index in [4.69, 9.17) is 0 Å². The molecule has 120 valence electrons. The lowest BCUT2D eigenvalue weighted by Gasteiger charge is -2.31. The average Bonchev–Trinajstić information content (AvgIpc) is 3.02. The van der Waals surface area contributed by atoms with E-state index < -0.39 is 10.0 Å². The van der Waals surface area contributed by atoms with Gasteiger partial charge in [0.25, 0.3) is 0 Å². The Labute approximate surface area is 130 Å². The Morgan fingerprint density at radius 3 is 3.14 bits per heavy atom. The fraction of sp³-hybridized carbons (Fsp3) is 0.571. The smallest absolute Gasteiger partial charge is 0.213 e. The van der Waals surface area contributed by atoms with Crippen molar-refractivity contribution in [2.75, 3.05) is 30.7 Å². The lowest BCUT2D eigenvalue weighted by Crippen LogP contribution is -2.42. The predicted octanol–water partition coefficient (Wildman–Crippen LogP) is 1.43. The molecule has 0 bridgehead atoms. The molecule has 0 aliphatic carbocycles. The Morgan fingerprint density at radius 2 is 2.32 bits per heavy atom. The SMILES string of the molecule is CCS(=O)(=O)N1CCC[C@H](CNc2ncnc3[nH]ccc23)C1. The summed E-state index contributed by atoms with van der Waals surface area (Å²) in [5.41, 5.74) is 0.802. The van der Waals surface area contributed by atoms with E-state index >= 15 is 0 Å². The quantitative estimate of drug-likeness (QED) is 0.868. The second kappa shape index (κ2) is 6.21. The summed E-state index contributed by atoms with van der Waals surface area (Å²) in [7, 11) is -3.09. The molecule has 0 saturated carbocycles. The topological polar surface area (TPSA) is 91.0 Å². The lowest BCUT2D eigenvalue weighted by molar-refractivity contribution is 0.275. The first-order valence-electron chi connectivity index (χ1n) is 7.60. The maximum Gasteiger partial charge on any atom is 0.213 e. The van der Waals surface area contributed by atoms with Crippen molar-refractivity contribution in [3.63, 3.8) is 0 Å². The van der Waals surface area contributed by atoms with E-state index in [0.29, 0.717) is 25.6 Å². The summed E-state index contributed by atoms with van der Waals surface area (Å²) >= 11 is 0. The number of aromatic amines is 1. The van der Waals surface area contributed by atoms with Crippen LogP contribution in [-0.4, -0.2) is 53.1 Å². The Balaban J connectivity index is 1.65. The van der Waals surface area contributed by atoms with Gasteiger partial charge in [-0.25, -0.2) is 22.7 Å². The van der Waals surface area contributed by atoms with E-state index in [1.165, 1.54) is 6.33 Å². The molecule has 1 aliphatic rings. The van der Waals surface area contributed by atoms with Crippen LogP contribution in [0, 0.1) is 5.92 Å². The largest absolute Gasteiger partial charge is 0.369 e. The number of hydrogen-bond donors (Lipinski definition) is 2. The molecule has 2 aromatic heterocycles. The standard InChI is InChI=1S/C14H21N5O2S/c1-2-22(20,21)19-7-3-4-11(9-19)8-16-14-12-5-6-15-13(12)17-10-18-14/h5-6,10-11H,2-4,7-9H2,1H3,(H2,15,16,17,18)/t11-/m1/s1. The van der Waals surface area contributed by atoms with Crippen molar-refractivity contribution in [2.45, 2.75) is 19.8 Å². The van der Waals surface area contributed by atoms with Crippen LogP contribution in [0.5, 0.6) is 0 Å². The van der Waals surface area contributed by atoms with Gasteiger partial charge in [-0.05, 0) is 31.7 Å². The average molecular weight is 323 g/mol. The maximum absolute atomic E-state index is 12.0. The summed E-state index contributed by atoms with van der Waals surface area (Å²) in [4.78, 5) is 11.5. The third-order valence-electron chi connectivity index (χ3n) is 4.15. The van der Waals surface area contributed by atoms with Gasteiger partial charge in [0, 0.05) is 25.8 Å². The normalized spacial score (nSPS) is 20.3. The second-order valence-corrected chi connectivity index (χ2v) is 7.87. The summed E-state index contributed by atoms with van der Waals surface area (Å²) in [6.07, 6.45) is 5.30. The van der Waals surface area contributed by atoms with Crippen molar-refractivity contribution in [3.05, 3.63) is 18.6 Å². The Kier molecular flexibility index (Phi) is 4.30. The molecule has 0 radical (unpaired) electrons. The van der Waals surface area contributed by atoms with Gasteiger partial charge in [-0.1, -0.05) is 0 Å². The van der Waals surface area contributed by atoms with Gasteiger partial charge >= 0.3 is 0 Å². The fourth-order valence-electron chi connectivity index (χ4n) is 2.88. The highest BCUT2D eigenvalue weighted by molar-refractivity contribution is 7.89. The summed E-state index contributed by atoms with van der Waals surface area (Å²) < 4.78 is 25.6. The number of nitrogens with zero attached hydrogens (tertiary/aromatic N) is 3. The van der Waals surface area contributed by atoms with Gasteiger partial charge in [-0.15, -0.1) is 0 Å². The molecule has 1 fully saturated rings. The van der Waals surface area contributed by atoms with Crippen molar-refractivity contribution < 1.29 is 8.42 Å². The minimum atomic E-state index is -3.09. The van der Waals surface area contributed by atoms with Crippen molar-refractivity contribution >= 4 is 26.9 Å². The van der Waals surface area contributed by atoms with Gasteiger partial charge in [0.2, 0.25) is 10.0 Å². The van der Waals surface area contributed by atoms with Crippen LogP contribution < -0.4 is 5.32 Å². The zero-order valence-corrected chi connectivity index (χ0v) is 13.4. The van der Waals surface area contributed by atoms with Crippen LogP contribution in [-0.2, 0) is 10.0 Å². The first kappa shape index (κ1) is 15.2. The van der Waals surface area contributed by atoms with Gasteiger partial charge in [0.15, 0.2) is 0 Å². The Bertz CT molecular complexity index is 743. The monoisotopic (exact) mass is 323 g/mol. The first-order valence-corrected chi connectivity index (χ1v) is 9.21. The number of fused-ring (bicyclic) bond motifs is 1. The minimum absolute atomic E-state index is 0.170. The first-order chi connectivity index (χ1) is 10.6. The van der Waals surface area contributed by atoms with E-state index in [1.807, 2.05) is 12.3 Å². The maximum atomic E-state index is 12.0. The summed E-state index contributed by atoms with van der Waals surface area (Å²) in [5.74, 6) is 1.27. The third kappa shape index (κ3) is 3.07. The number of hydrogen-bond acceptors (Lipinski definition) is 5. The van der Waals surface area contributed by atoms with Crippen LogP contribution in [0.25, 0.3) is 11.0 Å². The molecular formula is C14H21N5O2S. The molecule has 0 amide bonds. The molecule has 3 heterocycles. The molecular weight excluding hydrogens is 302 g/mol. The summed E-state index contributed by atoms with van der Waals surface area (Å²) in [6, 6.07) is 1.94. The highest BCUT2D eigenvalue weighted by Gasteiger charge is 2.27. The van der Waals surface area contributed by atoms with Gasteiger partial charge < -0.3 is 10.3 Å². The van der Waals surface area contributed by atoms with Gasteiger partial charge in [0.05, 0.1) is 11.1 Å². The zero-order chi connectivity index (χ0) is 15.6. The van der Waals surface area contributed by atoms with Gasteiger partial charge in [-0.2, -0.15) is 0 Å². The highest BCUT2D eigenvalue weighted by Crippen LogP contribution is 2.22. The Morgan fingerprint density at radius 1 is 1.45 bits per heavy atom. The van der Waals surface area contributed by atoms with Crippen molar-refractivity contribution in [2.24, 2.45) is 5.92 Å². The number of rotatable bonds is 5. The van der Waals surface area contributed by atoms with Crippen LogP contribution in [0.2, 0.25) is 0 Å². The van der Waals surface area contributed by atoms with E-state index in [9.17, 15) is 8.42 Å². The van der Waals surface area contributed by atoms with Gasteiger partial charge in [-0.3, -0.25) is 0 Å². The fourth-order valence-corrected chi connectivity index (χ4v) is 4.09. The molecule has 1 aliphatic heterocycles. The summed E-state index contributed by atoms with van der Waals surface area (Å²) in [6.45, 7) is 3.64. The lowest BCUT2D eigenvalue weighted by atomic mass is 10.00. The van der Waals surface area contributed by atoms with E-state index in [1.54, 1.807) is 11.2 Å². The van der Waals surface area contributed by atoms with Crippen molar-refractivity contribution in [1.29, 1.82) is 0 Å². The molecule has 1 saturated heterocycles. The minimum Gasteiger partial charge on any atom is -0.369 e. The van der Waals surface area contributed by atoms with Crippen LogP contribution in [0.1, 0.15) is 19.8 Å². The number of anilines is 1. The van der Waals surface area contributed by atoms with Crippen LogP contribution >= 0.6 is 0 Å².